The van der Waals surface area contributed by atoms with Crippen LogP contribution in [0.15, 0.2) is 115 Å². The molecule has 1 heterocycles. The lowest BCUT2D eigenvalue weighted by molar-refractivity contribution is -0.143. The van der Waals surface area contributed by atoms with Crippen LogP contribution in [0, 0.1) is 0 Å². The molecule has 4 aromatic carbocycles. The molecular formula is C29H23NO3. The predicted molar refractivity (Wildman–Crippen MR) is 127 cm³/mol. The molecule has 1 N–H and O–H groups in total. The van der Waals surface area contributed by atoms with Crippen molar-refractivity contribution in [3.8, 4) is 5.75 Å². The Balaban J connectivity index is 1.71. The molecule has 0 radical (unpaired) electrons. The van der Waals surface area contributed by atoms with E-state index in [0.717, 1.165) is 16.7 Å². The van der Waals surface area contributed by atoms with Crippen molar-refractivity contribution in [1.82, 2.24) is 5.32 Å². The maximum Gasteiger partial charge on any atom is 0.338 e. The molecule has 0 spiro atoms. The number of carbonyl (C=O) groups excluding carboxylic acids is 2. The van der Waals surface area contributed by atoms with Gasteiger partial charge in [0.05, 0.1) is 0 Å². The number of amides is 1. The minimum Gasteiger partial charge on any atom is -0.424 e. The van der Waals surface area contributed by atoms with Gasteiger partial charge < -0.3 is 10.1 Å². The van der Waals surface area contributed by atoms with Crippen LogP contribution >= 0.6 is 0 Å². The predicted octanol–water partition coefficient (Wildman–Crippen LogP) is 5.15. The van der Waals surface area contributed by atoms with Crippen LogP contribution in [-0.4, -0.2) is 17.4 Å². The molecule has 0 aliphatic carbocycles. The van der Waals surface area contributed by atoms with E-state index in [9.17, 15) is 9.59 Å². The molecule has 0 unspecified atom stereocenters. The highest BCUT2D eigenvalue weighted by molar-refractivity contribution is 6.00. The molecule has 0 saturated heterocycles. The first kappa shape index (κ1) is 20.7. The summed E-state index contributed by atoms with van der Waals surface area (Å²) in [6, 6.07) is 36.1. The van der Waals surface area contributed by atoms with Crippen LogP contribution in [0.5, 0.6) is 5.75 Å². The van der Waals surface area contributed by atoms with Gasteiger partial charge in [0.2, 0.25) is 0 Å². The Hall–Kier alpha value is -4.18. The van der Waals surface area contributed by atoms with Crippen LogP contribution in [-0.2, 0) is 11.2 Å². The fourth-order valence-electron chi connectivity index (χ4n) is 4.62. The summed E-state index contributed by atoms with van der Waals surface area (Å²) in [5.74, 6) is -0.690. The molecule has 2 atom stereocenters. The molecule has 0 saturated carbocycles. The molecular weight excluding hydrogens is 410 g/mol. The van der Waals surface area contributed by atoms with Crippen molar-refractivity contribution in [3.05, 3.63) is 138 Å². The number of ether oxygens (including phenoxy) is 1. The van der Waals surface area contributed by atoms with Crippen molar-refractivity contribution in [2.45, 2.75) is 17.9 Å². The van der Waals surface area contributed by atoms with E-state index in [1.54, 1.807) is 18.2 Å². The number of benzene rings is 4. The highest BCUT2D eigenvalue weighted by Crippen LogP contribution is 2.45. The third-order valence-electron chi connectivity index (χ3n) is 6.12. The summed E-state index contributed by atoms with van der Waals surface area (Å²) in [4.78, 5) is 27.2. The molecule has 33 heavy (non-hydrogen) atoms. The lowest BCUT2D eigenvalue weighted by Gasteiger charge is -2.43. The van der Waals surface area contributed by atoms with Crippen molar-refractivity contribution in [3.63, 3.8) is 0 Å². The molecule has 5 rings (SSSR count). The molecule has 1 aliphatic heterocycles. The van der Waals surface area contributed by atoms with Crippen molar-refractivity contribution >= 4 is 11.9 Å². The molecule has 162 valence electrons. The minimum atomic E-state index is -1.33. The van der Waals surface area contributed by atoms with E-state index in [-0.39, 0.29) is 5.91 Å². The molecule has 4 nitrogen and oxygen atoms in total. The molecule has 0 aromatic heterocycles. The molecule has 1 amide bonds. The van der Waals surface area contributed by atoms with Crippen LogP contribution in [0.4, 0.5) is 0 Å². The zero-order valence-electron chi connectivity index (χ0n) is 18.0. The van der Waals surface area contributed by atoms with E-state index in [0.29, 0.717) is 17.7 Å². The van der Waals surface area contributed by atoms with Crippen molar-refractivity contribution in [1.29, 1.82) is 0 Å². The Morgan fingerprint density at radius 2 is 1.33 bits per heavy atom. The second-order valence-electron chi connectivity index (χ2n) is 8.22. The minimum absolute atomic E-state index is 0.291. The fraction of sp³-hybridized carbons (Fsp3) is 0.103. The van der Waals surface area contributed by atoms with Gasteiger partial charge in [-0.25, -0.2) is 4.79 Å². The number of hydrogen-bond donors (Lipinski definition) is 1. The van der Waals surface area contributed by atoms with Gasteiger partial charge in [0.1, 0.15) is 5.75 Å². The highest BCUT2D eigenvalue weighted by atomic mass is 16.5. The van der Waals surface area contributed by atoms with Crippen molar-refractivity contribution < 1.29 is 14.3 Å². The number of nitrogens with one attached hydrogen (secondary N) is 1. The van der Waals surface area contributed by atoms with Crippen molar-refractivity contribution in [2.24, 2.45) is 0 Å². The molecule has 0 bridgehead atoms. The van der Waals surface area contributed by atoms with Gasteiger partial charge in [-0.3, -0.25) is 4.79 Å². The molecule has 1 aliphatic rings. The lowest BCUT2D eigenvalue weighted by Crippen LogP contribution is -2.63. The smallest absolute Gasteiger partial charge is 0.338 e. The van der Waals surface area contributed by atoms with Gasteiger partial charge in [0.25, 0.3) is 5.91 Å². The number of esters is 1. The monoisotopic (exact) mass is 433 g/mol. The second kappa shape index (κ2) is 8.75. The fourth-order valence-corrected chi connectivity index (χ4v) is 4.62. The summed E-state index contributed by atoms with van der Waals surface area (Å²) in [5.41, 5.74) is 1.90. The second-order valence-corrected chi connectivity index (χ2v) is 8.22. The summed E-state index contributed by atoms with van der Waals surface area (Å²) in [5, 5.41) is 3.12. The third kappa shape index (κ3) is 3.92. The summed E-state index contributed by atoms with van der Waals surface area (Å²) >= 11 is 0. The lowest BCUT2D eigenvalue weighted by atomic mass is 9.70. The molecule has 0 fully saturated rings. The summed E-state index contributed by atoms with van der Waals surface area (Å²) < 4.78 is 5.85. The first-order valence-electron chi connectivity index (χ1n) is 10.9. The first-order valence-corrected chi connectivity index (χ1v) is 10.9. The van der Waals surface area contributed by atoms with E-state index in [2.05, 4.69) is 5.32 Å². The molecule has 4 heteroatoms. The summed E-state index contributed by atoms with van der Waals surface area (Å²) in [7, 11) is 0. The SMILES string of the molecule is O=C(N[C@]1(Cc2ccccc2)C(=O)Oc2ccccc2[C@@H]1c1ccccc1)c1ccccc1. The summed E-state index contributed by atoms with van der Waals surface area (Å²) in [6.45, 7) is 0. The Labute approximate surface area is 192 Å². The van der Waals surface area contributed by atoms with E-state index in [1.165, 1.54) is 0 Å². The van der Waals surface area contributed by atoms with Gasteiger partial charge in [-0.15, -0.1) is 0 Å². The average molecular weight is 434 g/mol. The van der Waals surface area contributed by atoms with Crippen LogP contribution in [0.25, 0.3) is 0 Å². The van der Waals surface area contributed by atoms with Gasteiger partial charge in [-0.2, -0.15) is 0 Å². The van der Waals surface area contributed by atoms with Crippen LogP contribution in [0.3, 0.4) is 0 Å². The van der Waals surface area contributed by atoms with Gasteiger partial charge in [0.15, 0.2) is 5.54 Å². The van der Waals surface area contributed by atoms with Crippen LogP contribution < -0.4 is 10.1 Å². The zero-order valence-corrected chi connectivity index (χ0v) is 18.0. The number of rotatable bonds is 5. The van der Waals surface area contributed by atoms with E-state index >= 15 is 0 Å². The number of hydrogen-bond acceptors (Lipinski definition) is 3. The maximum absolute atomic E-state index is 13.8. The quantitative estimate of drug-likeness (QED) is 0.350. The maximum atomic E-state index is 13.8. The van der Waals surface area contributed by atoms with Gasteiger partial charge in [-0.05, 0) is 29.3 Å². The van der Waals surface area contributed by atoms with E-state index in [1.807, 2.05) is 97.1 Å². The molecule has 4 aromatic rings. The van der Waals surface area contributed by atoms with Crippen molar-refractivity contribution in [2.75, 3.05) is 0 Å². The Morgan fingerprint density at radius 3 is 2.03 bits per heavy atom. The number of carbonyl (C=O) groups is 2. The largest absolute Gasteiger partial charge is 0.424 e. The van der Waals surface area contributed by atoms with E-state index in [4.69, 9.17) is 4.74 Å². The number of para-hydroxylation sites is 1. The Kier molecular flexibility index (Phi) is 5.49. The van der Waals surface area contributed by atoms with Gasteiger partial charge >= 0.3 is 5.97 Å². The topological polar surface area (TPSA) is 55.4 Å². The van der Waals surface area contributed by atoms with E-state index < -0.39 is 17.4 Å². The number of fused-ring (bicyclic) bond motifs is 1. The Morgan fingerprint density at radius 1 is 0.758 bits per heavy atom. The van der Waals surface area contributed by atoms with Gasteiger partial charge in [0, 0.05) is 23.5 Å². The Bertz CT molecular complexity index is 1270. The zero-order chi connectivity index (χ0) is 22.7. The van der Waals surface area contributed by atoms with Crippen LogP contribution in [0.2, 0.25) is 0 Å². The summed E-state index contributed by atoms with van der Waals surface area (Å²) in [6.07, 6.45) is 0.291. The standard InChI is InChI=1S/C29H23NO3/c31-27(23-16-8-3-9-17-23)30-29(20-21-12-4-1-5-13-21)26(22-14-6-2-7-15-22)24-18-10-11-19-25(24)33-28(29)32/h1-19,26H,20H2,(H,30,31)/t26-,29-/m0/s1. The first-order chi connectivity index (χ1) is 16.2. The highest BCUT2D eigenvalue weighted by Gasteiger charge is 2.53. The normalized spacial score (nSPS) is 19.3. The third-order valence-corrected chi connectivity index (χ3v) is 6.12. The van der Waals surface area contributed by atoms with Crippen LogP contribution in [0.1, 0.15) is 33.0 Å². The average Bonchev–Trinajstić information content (AvgIpc) is 2.86. The van der Waals surface area contributed by atoms with Gasteiger partial charge in [-0.1, -0.05) is 97.1 Å².